The first-order valence-corrected chi connectivity index (χ1v) is 11.5. The quantitative estimate of drug-likeness (QED) is 0.325. The van der Waals surface area contributed by atoms with E-state index in [-0.39, 0.29) is 11.8 Å². The number of rotatable bonds is 6. The van der Waals surface area contributed by atoms with Crippen LogP contribution in [0.1, 0.15) is 32.0 Å². The van der Waals surface area contributed by atoms with Crippen LogP contribution in [0.2, 0.25) is 0 Å². The number of aromatic amines is 1. The second kappa shape index (κ2) is 8.88. The molecule has 5 aromatic rings. The summed E-state index contributed by atoms with van der Waals surface area (Å²) in [7, 11) is 0. The molecular weight excluding hydrogens is 432 g/mol. The number of nitrogens with zero attached hydrogens (tertiary/aromatic N) is 1. The maximum Gasteiger partial charge on any atom is 0.276 e. The number of aryl methyl sites for hydroxylation is 1. The van der Waals surface area contributed by atoms with E-state index in [0.29, 0.717) is 23.5 Å². The van der Waals surface area contributed by atoms with E-state index < -0.39 is 0 Å². The molecule has 0 aliphatic carbocycles. The van der Waals surface area contributed by atoms with Crippen molar-refractivity contribution in [2.45, 2.75) is 13.3 Å². The van der Waals surface area contributed by atoms with Gasteiger partial charge in [-0.2, -0.15) is 4.37 Å². The van der Waals surface area contributed by atoms with Gasteiger partial charge in [0.05, 0.1) is 4.70 Å². The lowest BCUT2D eigenvalue weighted by Gasteiger charge is -2.07. The Kier molecular flexibility index (Phi) is 5.62. The first-order chi connectivity index (χ1) is 16.1. The summed E-state index contributed by atoms with van der Waals surface area (Å²) < 4.78 is 5.25. The van der Waals surface area contributed by atoms with Crippen LogP contribution in [-0.2, 0) is 6.42 Å². The van der Waals surface area contributed by atoms with Gasteiger partial charge in [0.1, 0.15) is 5.69 Å². The molecular formula is C26H22N4O2S. The van der Waals surface area contributed by atoms with Gasteiger partial charge in [0.2, 0.25) is 0 Å². The molecule has 0 radical (unpaired) electrons. The molecule has 0 aliphatic heterocycles. The molecule has 3 N–H and O–H groups in total. The van der Waals surface area contributed by atoms with Crippen molar-refractivity contribution in [2.24, 2.45) is 0 Å². The van der Waals surface area contributed by atoms with Gasteiger partial charge in [-0.3, -0.25) is 9.59 Å². The fraction of sp³-hybridized carbons (Fsp3) is 0.115. The highest BCUT2D eigenvalue weighted by molar-refractivity contribution is 7.13. The Labute approximate surface area is 194 Å². The number of nitrogens with one attached hydrogen (secondary N) is 3. The molecule has 0 aliphatic rings. The van der Waals surface area contributed by atoms with E-state index >= 15 is 0 Å². The van der Waals surface area contributed by atoms with Crippen LogP contribution in [0.15, 0.2) is 72.9 Å². The number of hydrogen-bond donors (Lipinski definition) is 3. The summed E-state index contributed by atoms with van der Waals surface area (Å²) in [6.45, 7) is 2.61. The normalized spacial score (nSPS) is 11.1. The third-order valence-electron chi connectivity index (χ3n) is 5.60. The molecule has 6 nitrogen and oxygen atoms in total. The highest BCUT2D eigenvalue weighted by atomic mass is 32.1. The molecule has 2 heterocycles. The van der Waals surface area contributed by atoms with Gasteiger partial charge in [-0.1, -0.05) is 29.8 Å². The standard InChI is InChI=1S/C26H22N4O2S/c1-16-6-11-22-21(14-16)18(15-28-22)12-13-27-25(31)17-7-9-19(10-8-17)29-26(32)24-20-4-2-3-5-23(20)33-30-24/h2-11,14-15,28H,12-13H2,1H3,(H,27,31)(H,29,32). The zero-order valence-corrected chi connectivity index (χ0v) is 18.8. The van der Waals surface area contributed by atoms with Crippen LogP contribution < -0.4 is 10.6 Å². The minimum absolute atomic E-state index is 0.144. The Morgan fingerprint density at radius 1 is 0.970 bits per heavy atom. The number of fused-ring (bicyclic) bond motifs is 2. The van der Waals surface area contributed by atoms with Crippen molar-refractivity contribution < 1.29 is 9.59 Å². The highest BCUT2D eigenvalue weighted by Crippen LogP contribution is 2.23. The van der Waals surface area contributed by atoms with Gasteiger partial charge in [0, 0.05) is 40.3 Å². The van der Waals surface area contributed by atoms with Gasteiger partial charge >= 0.3 is 0 Å². The summed E-state index contributed by atoms with van der Waals surface area (Å²) >= 11 is 1.30. The molecule has 0 saturated carbocycles. The van der Waals surface area contributed by atoms with Crippen LogP contribution >= 0.6 is 11.5 Å². The molecule has 0 unspecified atom stereocenters. The lowest BCUT2D eigenvalue weighted by molar-refractivity contribution is 0.0953. The van der Waals surface area contributed by atoms with Crippen molar-refractivity contribution in [1.29, 1.82) is 0 Å². The molecule has 0 bridgehead atoms. The summed E-state index contributed by atoms with van der Waals surface area (Å²) in [6.07, 6.45) is 2.74. The largest absolute Gasteiger partial charge is 0.361 e. The number of benzene rings is 3. The van der Waals surface area contributed by atoms with E-state index in [1.54, 1.807) is 24.3 Å². The van der Waals surface area contributed by atoms with Crippen LogP contribution in [0.4, 0.5) is 5.69 Å². The lowest BCUT2D eigenvalue weighted by Crippen LogP contribution is -2.25. The van der Waals surface area contributed by atoms with Gasteiger partial charge in [-0.05, 0) is 72.9 Å². The van der Waals surface area contributed by atoms with E-state index in [1.807, 2.05) is 30.5 Å². The number of anilines is 1. The van der Waals surface area contributed by atoms with Crippen molar-refractivity contribution in [3.05, 3.63) is 95.3 Å². The minimum Gasteiger partial charge on any atom is -0.361 e. The van der Waals surface area contributed by atoms with Crippen molar-refractivity contribution in [2.75, 3.05) is 11.9 Å². The molecule has 164 valence electrons. The summed E-state index contributed by atoms with van der Waals surface area (Å²) in [5.74, 6) is -0.409. The fourth-order valence-electron chi connectivity index (χ4n) is 3.86. The van der Waals surface area contributed by atoms with Crippen LogP contribution in [0.25, 0.3) is 21.0 Å². The maximum absolute atomic E-state index is 12.6. The molecule has 2 amide bonds. The first kappa shape index (κ1) is 20.9. The predicted molar refractivity (Wildman–Crippen MR) is 133 cm³/mol. The first-order valence-electron chi connectivity index (χ1n) is 10.7. The van der Waals surface area contributed by atoms with E-state index in [4.69, 9.17) is 0 Å². The number of carbonyl (C=O) groups excluding carboxylic acids is 2. The van der Waals surface area contributed by atoms with Crippen LogP contribution in [0.5, 0.6) is 0 Å². The second-order valence-electron chi connectivity index (χ2n) is 7.93. The van der Waals surface area contributed by atoms with Gasteiger partial charge in [0.15, 0.2) is 0 Å². The van der Waals surface area contributed by atoms with Crippen molar-refractivity contribution >= 4 is 50.0 Å². The number of aromatic nitrogens is 2. The zero-order valence-electron chi connectivity index (χ0n) is 18.0. The maximum atomic E-state index is 12.6. The number of amides is 2. The second-order valence-corrected chi connectivity index (χ2v) is 8.73. The van der Waals surface area contributed by atoms with Crippen molar-refractivity contribution in [3.8, 4) is 0 Å². The van der Waals surface area contributed by atoms with Gasteiger partial charge in [-0.15, -0.1) is 0 Å². The van der Waals surface area contributed by atoms with E-state index in [1.165, 1.54) is 28.0 Å². The van der Waals surface area contributed by atoms with E-state index in [0.717, 1.165) is 22.0 Å². The average molecular weight is 455 g/mol. The minimum atomic E-state index is -0.265. The number of H-pyrrole nitrogens is 1. The number of hydrogen-bond acceptors (Lipinski definition) is 4. The zero-order chi connectivity index (χ0) is 22.8. The fourth-order valence-corrected chi connectivity index (χ4v) is 4.63. The molecule has 2 aromatic heterocycles. The van der Waals surface area contributed by atoms with Crippen LogP contribution in [0, 0.1) is 6.92 Å². The molecule has 0 saturated heterocycles. The highest BCUT2D eigenvalue weighted by Gasteiger charge is 2.14. The predicted octanol–water partition coefficient (Wildman–Crippen LogP) is 5.31. The van der Waals surface area contributed by atoms with Crippen LogP contribution in [0.3, 0.4) is 0 Å². The number of carbonyl (C=O) groups is 2. The summed E-state index contributed by atoms with van der Waals surface area (Å²) in [4.78, 5) is 28.4. The Hall–Kier alpha value is -3.97. The van der Waals surface area contributed by atoms with E-state index in [9.17, 15) is 9.59 Å². The topological polar surface area (TPSA) is 86.9 Å². The summed E-state index contributed by atoms with van der Waals surface area (Å²) in [6, 6.07) is 20.8. The molecule has 33 heavy (non-hydrogen) atoms. The third-order valence-corrected chi connectivity index (χ3v) is 6.43. The molecule has 3 aromatic carbocycles. The smallest absolute Gasteiger partial charge is 0.276 e. The van der Waals surface area contributed by atoms with Crippen LogP contribution in [-0.4, -0.2) is 27.7 Å². The molecule has 7 heteroatoms. The molecule has 5 rings (SSSR count). The Bertz CT molecular complexity index is 1470. The van der Waals surface area contributed by atoms with Gasteiger partial charge < -0.3 is 15.6 Å². The summed E-state index contributed by atoms with van der Waals surface area (Å²) in [5.41, 5.74) is 5.06. The summed E-state index contributed by atoms with van der Waals surface area (Å²) in [5, 5.41) is 7.85. The van der Waals surface area contributed by atoms with Crippen molar-refractivity contribution in [1.82, 2.24) is 14.7 Å². The lowest BCUT2D eigenvalue weighted by atomic mass is 10.1. The SMILES string of the molecule is Cc1ccc2[nH]cc(CCNC(=O)c3ccc(NC(=O)c4nsc5ccccc45)cc3)c2c1. The third kappa shape index (κ3) is 4.36. The Morgan fingerprint density at radius 3 is 2.64 bits per heavy atom. The van der Waals surface area contributed by atoms with Gasteiger partial charge in [-0.25, -0.2) is 0 Å². The Balaban J connectivity index is 1.19. The van der Waals surface area contributed by atoms with E-state index in [2.05, 4.69) is 45.1 Å². The molecule has 0 atom stereocenters. The van der Waals surface area contributed by atoms with Gasteiger partial charge in [0.25, 0.3) is 11.8 Å². The Morgan fingerprint density at radius 2 is 1.79 bits per heavy atom. The molecule has 0 spiro atoms. The molecule has 0 fully saturated rings. The van der Waals surface area contributed by atoms with Crippen molar-refractivity contribution in [3.63, 3.8) is 0 Å². The monoisotopic (exact) mass is 454 g/mol. The average Bonchev–Trinajstić information content (AvgIpc) is 3.43.